The lowest BCUT2D eigenvalue weighted by Crippen LogP contribution is -2.29. The highest BCUT2D eigenvalue weighted by atomic mass is 32.1. The first kappa shape index (κ1) is 13.6. The van der Waals surface area contributed by atoms with E-state index in [0.29, 0.717) is 23.1 Å². The zero-order valence-corrected chi connectivity index (χ0v) is 12.3. The summed E-state index contributed by atoms with van der Waals surface area (Å²) in [5.74, 6) is 0.521. The predicted molar refractivity (Wildman–Crippen MR) is 80.9 cm³/mol. The van der Waals surface area contributed by atoms with Crippen molar-refractivity contribution in [1.29, 1.82) is 0 Å². The topological polar surface area (TPSA) is 63.3 Å². The van der Waals surface area contributed by atoms with Crippen LogP contribution in [-0.4, -0.2) is 25.7 Å². The van der Waals surface area contributed by atoms with Gasteiger partial charge in [-0.15, -0.1) is 0 Å². The van der Waals surface area contributed by atoms with Crippen LogP contribution in [0.25, 0.3) is 6.08 Å². The number of nitrogens with one attached hydrogen (secondary N) is 1. The molecule has 0 unspecified atom stereocenters. The van der Waals surface area contributed by atoms with Crippen LogP contribution in [0.4, 0.5) is 0 Å². The molecule has 6 nitrogen and oxygen atoms in total. The Labute approximate surface area is 127 Å². The first-order valence-electron chi connectivity index (χ1n) is 6.56. The molecular formula is C14H14N4O2S. The zero-order valence-electron chi connectivity index (χ0n) is 11.4. The van der Waals surface area contributed by atoms with Gasteiger partial charge in [-0.1, -0.05) is 0 Å². The zero-order chi connectivity index (χ0) is 14.8. The summed E-state index contributed by atoms with van der Waals surface area (Å²) in [7, 11) is 0. The van der Waals surface area contributed by atoms with Crippen molar-refractivity contribution in [1.82, 2.24) is 20.0 Å². The molecule has 2 aromatic heterocycles. The van der Waals surface area contributed by atoms with Crippen LogP contribution in [0, 0.1) is 0 Å². The molecule has 7 heteroatoms. The van der Waals surface area contributed by atoms with Gasteiger partial charge in [-0.25, -0.2) is 0 Å². The molecule has 21 heavy (non-hydrogen) atoms. The van der Waals surface area contributed by atoms with Crippen molar-refractivity contribution in [2.24, 2.45) is 0 Å². The number of carbonyl (C=O) groups is 1. The number of rotatable bonds is 4. The third-order valence-electron chi connectivity index (χ3n) is 3.14. The molecule has 1 aliphatic rings. The number of carbonyl (C=O) groups excluding carboxylic acids is 1. The van der Waals surface area contributed by atoms with E-state index in [9.17, 15) is 4.79 Å². The van der Waals surface area contributed by atoms with E-state index < -0.39 is 0 Å². The number of hydrogen-bond donors (Lipinski definition) is 1. The summed E-state index contributed by atoms with van der Waals surface area (Å²) >= 11 is 5.20. The van der Waals surface area contributed by atoms with Gasteiger partial charge in [0.1, 0.15) is 11.5 Å². The molecule has 3 heterocycles. The minimum Gasteiger partial charge on any atom is -0.467 e. The van der Waals surface area contributed by atoms with Gasteiger partial charge in [-0.3, -0.25) is 14.4 Å². The van der Waals surface area contributed by atoms with Gasteiger partial charge in [0.2, 0.25) is 0 Å². The van der Waals surface area contributed by atoms with Gasteiger partial charge in [-0.05, 0) is 37.4 Å². The molecule has 1 N–H and O–H groups in total. The molecule has 0 spiro atoms. The van der Waals surface area contributed by atoms with Gasteiger partial charge in [-0.2, -0.15) is 5.10 Å². The molecule has 0 atom stereocenters. The van der Waals surface area contributed by atoms with E-state index >= 15 is 0 Å². The summed E-state index contributed by atoms with van der Waals surface area (Å²) < 4.78 is 7.05. The summed E-state index contributed by atoms with van der Waals surface area (Å²) in [6, 6.07) is 3.59. The second-order valence-electron chi connectivity index (χ2n) is 4.59. The van der Waals surface area contributed by atoms with Crippen LogP contribution in [0.1, 0.15) is 18.2 Å². The van der Waals surface area contributed by atoms with Crippen LogP contribution >= 0.6 is 12.2 Å². The van der Waals surface area contributed by atoms with Gasteiger partial charge in [0, 0.05) is 18.3 Å². The second-order valence-corrected chi connectivity index (χ2v) is 4.97. The fraction of sp³-hybridized carbons (Fsp3) is 0.214. The normalized spacial score (nSPS) is 16.8. The maximum Gasteiger partial charge on any atom is 0.276 e. The Morgan fingerprint density at radius 2 is 2.38 bits per heavy atom. The molecular weight excluding hydrogens is 288 g/mol. The van der Waals surface area contributed by atoms with E-state index in [1.54, 1.807) is 29.3 Å². The van der Waals surface area contributed by atoms with E-state index in [-0.39, 0.29) is 5.91 Å². The molecule has 1 aliphatic heterocycles. The Morgan fingerprint density at radius 3 is 3.05 bits per heavy atom. The molecule has 0 aliphatic carbocycles. The first-order valence-corrected chi connectivity index (χ1v) is 6.97. The minimum absolute atomic E-state index is 0.166. The van der Waals surface area contributed by atoms with Crippen molar-refractivity contribution in [2.75, 3.05) is 0 Å². The van der Waals surface area contributed by atoms with Gasteiger partial charge in [0.25, 0.3) is 5.91 Å². The summed E-state index contributed by atoms with van der Waals surface area (Å²) in [5, 5.41) is 7.48. The Bertz CT molecular complexity index is 702. The van der Waals surface area contributed by atoms with Gasteiger partial charge >= 0.3 is 0 Å². The number of furan rings is 1. The molecule has 0 bridgehead atoms. The smallest absolute Gasteiger partial charge is 0.276 e. The van der Waals surface area contributed by atoms with Crippen molar-refractivity contribution in [3.63, 3.8) is 0 Å². The SMILES string of the molecule is CCn1cc(/C=C2/NC(=S)N(Cc3ccco3)C2=O)cn1. The summed E-state index contributed by atoms with van der Waals surface area (Å²) in [4.78, 5) is 13.8. The van der Waals surface area contributed by atoms with E-state index in [1.165, 1.54) is 4.90 Å². The Hall–Kier alpha value is -2.41. The van der Waals surface area contributed by atoms with Crippen molar-refractivity contribution >= 4 is 29.3 Å². The lowest BCUT2D eigenvalue weighted by atomic mass is 10.2. The average Bonchev–Trinajstić information content (AvgIpc) is 3.18. The van der Waals surface area contributed by atoms with Crippen LogP contribution in [0.15, 0.2) is 40.9 Å². The number of aromatic nitrogens is 2. The highest BCUT2D eigenvalue weighted by Gasteiger charge is 2.31. The molecule has 0 saturated carbocycles. The molecule has 0 radical (unpaired) electrons. The van der Waals surface area contributed by atoms with Gasteiger partial charge < -0.3 is 9.73 Å². The van der Waals surface area contributed by atoms with E-state index in [2.05, 4.69) is 10.4 Å². The van der Waals surface area contributed by atoms with Gasteiger partial charge in [0.15, 0.2) is 5.11 Å². The van der Waals surface area contributed by atoms with Gasteiger partial charge in [0.05, 0.1) is 19.0 Å². The number of aryl methyl sites for hydroxylation is 1. The summed E-state index contributed by atoms with van der Waals surface area (Å²) in [5.41, 5.74) is 1.30. The molecule has 1 amide bonds. The van der Waals surface area contributed by atoms with Crippen LogP contribution < -0.4 is 5.32 Å². The lowest BCUT2D eigenvalue weighted by molar-refractivity contribution is -0.122. The number of thiocarbonyl (C=S) groups is 1. The van der Waals surface area contributed by atoms with Crippen molar-refractivity contribution in [3.05, 3.63) is 47.8 Å². The standard InChI is InChI=1S/C14H14N4O2S/c1-2-17-8-10(7-15-17)6-12-13(19)18(14(21)16-12)9-11-4-3-5-20-11/h3-8H,2,9H2,1H3,(H,16,21)/b12-6+. The summed E-state index contributed by atoms with van der Waals surface area (Å²) in [6.45, 7) is 3.11. The van der Waals surface area contributed by atoms with Crippen LogP contribution in [-0.2, 0) is 17.9 Å². The Morgan fingerprint density at radius 1 is 1.52 bits per heavy atom. The van der Waals surface area contributed by atoms with Crippen LogP contribution in [0.3, 0.4) is 0 Å². The first-order chi connectivity index (χ1) is 10.2. The third kappa shape index (κ3) is 2.73. The fourth-order valence-electron chi connectivity index (χ4n) is 2.07. The second kappa shape index (κ2) is 5.53. The lowest BCUT2D eigenvalue weighted by Gasteiger charge is -2.11. The molecule has 2 aromatic rings. The quantitative estimate of drug-likeness (QED) is 0.688. The van der Waals surface area contributed by atoms with Crippen molar-refractivity contribution in [3.8, 4) is 0 Å². The maximum atomic E-state index is 12.4. The molecule has 3 rings (SSSR count). The Kier molecular flexibility index (Phi) is 3.57. The highest BCUT2D eigenvalue weighted by molar-refractivity contribution is 7.80. The van der Waals surface area contributed by atoms with Crippen LogP contribution in [0.5, 0.6) is 0 Å². The number of nitrogens with zero attached hydrogens (tertiary/aromatic N) is 3. The minimum atomic E-state index is -0.166. The monoisotopic (exact) mass is 302 g/mol. The summed E-state index contributed by atoms with van der Waals surface area (Å²) in [6.07, 6.45) is 6.90. The third-order valence-corrected chi connectivity index (χ3v) is 3.47. The highest BCUT2D eigenvalue weighted by Crippen LogP contribution is 2.17. The maximum absolute atomic E-state index is 12.4. The molecule has 1 saturated heterocycles. The van der Waals surface area contributed by atoms with Crippen molar-refractivity contribution in [2.45, 2.75) is 20.0 Å². The fourth-order valence-corrected chi connectivity index (χ4v) is 2.32. The van der Waals surface area contributed by atoms with Crippen molar-refractivity contribution < 1.29 is 9.21 Å². The number of hydrogen-bond acceptors (Lipinski definition) is 4. The Balaban J connectivity index is 1.79. The largest absolute Gasteiger partial charge is 0.467 e. The molecule has 108 valence electrons. The molecule has 0 aromatic carbocycles. The average molecular weight is 302 g/mol. The number of amides is 1. The molecule has 1 fully saturated rings. The van der Waals surface area contributed by atoms with E-state index in [4.69, 9.17) is 16.6 Å². The van der Waals surface area contributed by atoms with Crippen LogP contribution in [0.2, 0.25) is 0 Å². The van der Waals surface area contributed by atoms with E-state index in [1.807, 2.05) is 19.2 Å². The predicted octanol–water partition coefficient (Wildman–Crippen LogP) is 1.75. The van der Waals surface area contributed by atoms with E-state index in [0.717, 1.165) is 12.1 Å².